The van der Waals surface area contributed by atoms with Crippen LogP contribution in [0, 0.1) is 5.82 Å². The van der Waals surface area contributed by atoms with E-state index in [0.29, 0.717) is 24.4 Å². The van der Waals surface area contributed by atoms with Gasteiger partial charge in [-0.15, -0.1) is 11.8 Å². The first-order valence-electron chi connectivity index (χ1n) is 9.95. The predicted molar refractivity (Wildman–Crippen MR) is 117 cm³/mol. The number of nitrogens with zero attached hydrogens (tertiary/aromatic N) is 1. The zero-order chi connectivity index (χ0) is 21.1. The van der Waals surface area contributed by atoms with Gasteiger partial charge in [-0.1, -0.05) is 61.9 Å². The molecule has 0 aliphatic heterocycles. The monoisotopic (exact) mass is 416 g/mol. The van der Waals surface area contributed by atoms with Gasteiger partial charge in [-0.05, 0) is 30.5 Å². The molecule has 1 N–H and O–H groups in total. The van der Waals surface area contributed by atoms with Gasteiger partial charge < -0.3 is 10.2 Å². The third-order valence-corrected chi connectivity index (χ3v) is 5.60. The molecule has 6 heteroatoms. The highest BCUT2D eigenvalue weighted by Gasteiger charge is 2.25. The molecule has 0 spiro atoms. The number of hydrogen-bond donors (Lipinski definition) is 1. The molecule has 156 valence electrons. The minimum absolute atomic E-state index is 0.131. The molecule has 0 saturated heterocycles. The van der Waals surface area contributed by atoms with Crippen molar-refractivity contribution in [1.29, 1.82) is 0 Å². The number of unbranched alkanes of at least 4 members (excludes halogenated alkanes) is 1. The maximum absolute atomic E-state index is 13.8. The first-order valence-corrected chi connectivity index (χ1v) is 11.1. The highest BCUT2D eigenvalue weighted by Crippen LogP contribution is 2.17. The fraction of sp³-hybridized carbons (Fsp3) is 0.391. The highest BCUT2D eigenvalue weighted by molar-refractivity contribution is 7.99. The zero-order valence-corrected chi connectivity index (χ0v) is 17.9. The molecule has 2 amide bonds. The minimum Gasteiger partial charge on any atom is -0.354 e. The third-order valence-electron chi connectivity index (χ3n) is 4.63. The molecular weight excluding hydrogens is 387 g/mol. The Labute approximate surface area is 176 Å². The van der Waals surface area contributed by atoms with Crippen molar-refractivity contribution in [3.05, 3.63) is 71.5 Å². The molecule has 0 radical (unpaired) electrons. The van der Waals surface area contributed by atoms with Gasteiger partial charge in [0.25, 0.3) is 0 Å². The molecule has 1 atom stereocenters. The predicted octanol–water partition coefficient (Wildman–Crippen LogP) is 4.39. The Balaban J connectivity index is 2.01. The summed E-state index contributed by atoms with van der Waals surface area (Å²) in [5.74, 6) is 0.0509. The van der Waals surface area contributed by atoms with Gasteiger partial charge in [0.2, 0.25) is 11.8 Å². The van der Waals surface area contributed by atoms with E-state index in [1.807, 2.05) is 30.3 Å². The maximum atomic E-state index is 13.8. The van der Waals surface area contributed by atoms with Gasteiger partial charge in [0.1, 0.15) is 11.9 Å². The molecule has 0 aliphatic carbocycles. The molecule has 0 aliphatic rings. The van der Waals surface area contributed by atoms with E-state index in [9.17, 15) is 14.0 Å². The molecule has 0 fully saturated rings. The molecule has 0 heterocycles. The SMILES string of the molecule is CCCCNC(=O)[C@H](C)N(Cc1ccccc1)C(=O)CSCc1ccccc1F. The van der Waals surface area contributed by atoms with E-state index in [1.54, 1.807) is 30.0 Å². The van der Waals surface area contributed by atoms with Crippen LogP contribution in [0.5, 0.6) is 0 Å². The number of nitrogens with one attached hydrogen (secondary N) is 1. The number of thioether (sulfide) groups is 1. The highest BCUT2D eigenvalue weighted by atomic mass is 32.2. The van der Waals surface area contributed by atoms with E-state index in [1.165, 1.54) is 17.8 Å². The summed E-state index contributed by atoms with van der Waals surface area (Å²) in [7, 11) is 0. The van der Waals surface area contributed by atoms with E-state index in [-0.39, 0.29) is 23.4 Å². The van der Waals surface area contributed by atoms with Crippen LogP contribution >= 0.6 is 11.8 Å². The van der Waals surface area contributed by atoms with Gasteiger partial charge in [-0.25, -0.2) is 4.39 Å². The number of benzene rings is 2. The Morgan fingerprint density at radius 1 is 1.10 bits per heavy atom. The van der Waals surface area contributed by atoms with E-state index in [4.69, 9.17) is 0 Å². The molecule has 4 nitrogen and oxygen atoms in total. The topological polar surface area (TPSA) is 49.4 Å². The van der Waals surface area contributed by atoms with Crippen LogP contribution in [0.2, 0.25) is 0 Å². The van der Waals surface area contributed by atoms with E-state index in [2.05, 4.69) is 12.2 Å². The van der Waals surface area contributed by atoms with E-state index < -0.39 is 6.04 Å². The Hall–Kier alpha value is -2.34. The Bertz CT molecular complexity index is 785. The van der Waals surface area contributed by atoms with Crippen molar-refractivity contribution in [3.63, 3.8) is 0 Å². The van der Waals surface area contributed by atoms with Crippen molar-refractivity contribution >= 4 is 23.6 Å². The molecule has 2 aromatic carbocycles. The van der Waals surface area contributed by atoms with Crippen molar-refractivity contribution in [2.24, 2.45) is 0 Å². The van der Waals surface area contributed by atoms with E-state index >= 15 is 0 Å². The fourth-order valence-corrected chi connectivity index (χ4v) is 3.74. The van der Waals surface area contributed by atoms with Gasteiger partial charge >= 0.3 is 0 Å². The third kappa shape index (κ3) is 7.54. The second kappa shape index (κ2) is 12.3. The largest absolute Gasteiger partial charge is 0.354 e. The first kappa shape index (κ1) is 22.9. The molecule has 0 unspecified atom stereocenters. The summed E-state index contributed by atoms with van der Waals surface area (Å²) in [5.41, 5.74) is 1.54. The van der Waals surface area contributed by atoms with Crippen LogP contribution in [0.25, 0.3) is 0 Å². The standard InChI is InChI=1S/C23H29FN2O2S/c1-3-4-14-25-23(28)18(2)26(15-19-10-6-5-7-11-19)22(27)17-29-16-20-12-8-9-13-21(20)24/h5-13,18H,3-4,14-17H2,1-2H3,(H,25,28)/t18-/m0/s1. The van der Waals surface area contributed by atoms with Crippen LogP contribution in [0.4, 0.5) is 4.39 Å². The lowest BCUT2D eigenvalue weighted by atomic mass is 10.1. The van der Waals surface area contributed by atoms with Crippen molar-refractivity contribution in [1.82, 2.24) is 10.2 Å². The maximum Gasteiger partial charge on any atom is 0.242 e. The molecular formula is C23H29FN2O2S. The molecule has 0 bridgehead atoms. The summed E-state index contributed by atoms with van der Waals surface area (Å²) in [4.78, 5) is 27.1. The van der Waals surface area contributed by atoms with Gasteiger partial charge in [0.15, 0.2) is 0 Å². The first-order chi connectivity index (χ1) is 14.0. The average Bonchev–Trinajstić information content (AvgIpc) is 2.73. The smallest absolute Gasteiger partial charge is 0.242 e. The zero-order valence-electron chi connectivity index (χ0n) is 17.1. The van der Waals surface area contributed by atoms with Crippen LogP contribution < -0.4 is 5.32 Å². The van der Waals surface area contributed by atoms with E-state index in [0.717, 1.165) is 18.4 Å². The average molecular weight is 417 g/mol. The van der Waals surface area contributed by atoms with Crippen molar-refractivity contribution in [2.45, 2.75) is 45.0 Å². The summed E-state index contributed by atoms with van der Waals surface area (Å²) in [5, 5.41) is 2.90. The second-order valence-corrected chi connectivity index (χ2v) is 7.90. The van der Waals surface area contributed by atoms with Crippen molar-refractivity contribution < 1.29 is 14.0 Å². The Kier molecular flexibility index (Phi) is 9.71. The van der Waals surface area contributed by atoms with Crippen molar-refractivity contribution in [2.75, 3.05) is 12.3 Å². The Morgan fingerprint density at radius 3 is 2.48 bits per heavy atom. The summed E-state index contributed by atoms with van der Waals surface area (Å²) in [6.07, 6.45) is 1.90. The number of carbonyl (C=O) groups is 2. The number of halogens is 1. The Morgan fingerprint density at radius 2 is 1.79 bits per heavy atom. The minimum atomic E-state index is -0.575. The molecule has 2 aromatic rings. The van der Waals surface area contributed by atoms with Gasteiger partial charge in [0, 0.05) is 18.8 Å². The quantitative estimate of drug-likeness (QED) is 0.553. The summed E-state index contributed by atoms with van der Waals surface area (Å²) in [6.45, 7) is 4.79. The molecule has 0 saturated carbocycles. The number of rotatable bonds is 11. The molecule has 2 rings (SSSR count). The van der Waals surface area contributed by atoms with Crippen molar-refractivity contribution in [3.8, 4) is 0 Å². The van der Waals surface area contributed by atoms with Crippen LogP contribution in [-0.2, 0) is 21.9 Å². The lowest BCUT2D eigenvalue weighted by Crippen LogP contribution is -2.48. The van der Waals surface area contributed by atoms with Crippen LogP contribution in [0.3, 0.4) is 0 Å². The van der Waals surface area contributed by atoms with Crippen LogP contribution in [0.1, 0.15) is 37.8 Å². The van der Waals surface area contributed by atoms with Gasteiger partial charge in [-0.3, -0.25) is 9.59 Å². The van der Waals surface area contributed by atoms with Gasteiger partial charge in [0.05, 0.1) is 5.75 Å². The summed E-state index contributed by atoms with van der Waals surface area (Å²) in [6, 6.07) is 15.6. The number of hydrogen-bond acceptors (Lipinski definition) is 3. The number of amides is 2. The number of carbonyl (C=O) groups excluding carboxylic acids is 2. The van der Waals surface area contributed by atoms with Crippen LogP contribution in [-0.4, -0.2) is 35.1 Å². The normalized spacial score (nSPS) is 11.7. The summed E-state index contributed by atoms with van der Waals surface area (Å²) < 4.78 is 13.8. The van der Waals surface area contributed by atoms with Crippen LogP contribution in [0.15, 0.2) is 54.6 Å². The molecule has 0 aromatic heterocycles. The molecule has 29 heavy (non-hydrogen) atoms. The lowest BCUT2D eigenvalue weighted by Gasteiger charge is -2.28. The summed E-state index contributed by atoms with van der Waals surface area (Å²) >= 11 is 1.36. The lowest BCUT2D eigenvalue weighted by molar-refractivity contribution is -0.138. The van der Waals surface area contributed by atoms with Gasteiger partial charge in [-0.2, -0.15) is 0 Å². The second-order valence-electron chi connectivity index (χ2n) is 6.91. The fourth-order valence-electron chi connectivity index (χ4n) is 2.85.